The highest BCUT2D eigenvalue weighted by atomic mass is 32.1. The van der Waals surface area contributed by atoms with Crippen LogP contribution in [0.1, 0.15) is 77.6 Å². The van der Waals surface area contributed by atoms with Crippen molar-refractivity contribution in [3.63, 3.8) is 0 Å². The number of carbonyl (C=O) groups excluding carboxylic acids is 1. The summed E-state index contributed by atoms with van der Waals surface area (Å²) in [6.07, 6.45) is 16.6. The van der Waals surface area contributed by atoms with Gasteiger partial charge in [-0.3, -0.25) is 4.98 Å². The van der Waals surface area contributed by atoms with Crippen molar-refractivity contribution in [1.82, 2.24) is 15.3 Å². The van der Waals surface area contributed by atoms with Crippen LogP contribution in [0.4, 0.5) is 15.6 Å². The van der Waals surface area contributed by atoms with E-state index < -0.39 is 0 Å². The molecule has 0 saturated heterocycles. The standard InChI is InChI=1S/C29H38N4O2S/c1-2-3-4-5-6-10-20-35-26-17-15-25(16-18-26)33(28(34)31-24-13-8-7-9-14-24)29-32-27(22-36-29)23-12-11-19-30-21-23/h11-12,15-19,21-22,24H,2-10,13-14,20H2,1H3,(H,31,34). The molecule has 0 aliphatic heterocycles. The topological polar surface area (TPSA) is 67.3 Å². The van der Waals surface area contributed by atoms with E-state index in [-0.39, 0.29) is 12.1 Å². The fraction of sp³-hybridized carbons (Fsp3) is 0.483. The van der Waals surface area contributed by atoms with E-state index in [2.05, 4.69) is 17.2 Å². The lowest BCUT2D eigenvalue weighted by Gasteiger charge is -2.27. The number of nitrogens with one attached hydrogen (secondary N) is 1. The Balaban J connectivity index is 1.45. The maximum Gasteiger partial charge on any atom is 0.328 e. The number of carbonyl (C=O) groups is 1. The number of rotatable bonds is 12. The van der Waals surface area contributed by atoms with Gasteiger partial charge in [0.1, 0.15) is 5.75 Å². The minimum Gasteiger partial charge on any atom is -0.494 e. The Morgan fingerprint density at radius 1 is 1.06 bits per heavy atom. The lowest BCUT2D eigenvalue weighted by atomic mass is 9.96. The predicted octanol–water partition coefficient (Wildman–Crippen LogP) is 8.12. The first-order chi connectivity index (χ1) is 17.7. The molecule has 1 saturated carbocycles. The van der Waals surface area contributed by atoms with Crippen molar-refractivity contribution < 1.29 is 9.53 Å². The number of benzene rings is 1. The van der Waals surface area contributed by atoms with E-state index in [0.29, 0.717) is 5.13 Å². The lowest BCUT2D eigenvalue weighted by Crippen LogP contribution is -2.43. The molecule has 6 nitrogen and oxygen atoms in total. The summed E-state index contributed by atoms with van der Waals surface area (Å²) in [5.74, 6) is 0.829. The Kier molecular flexibility index (Phi) is 10.1. The molecule has 1 aliphatic carbocycles. The molecule has 7 heteroatoms. The summed E-state index contributed by atoms with van der Waals surface area (Å²) in [5, 5.41) is 5.87. The largest absolute Gasteiger partial charge is 0.494 e. The molecular formula is C29H38N4O2S. The molecule has 2 amide bonds. The van der Waals surface area contributed by atoms with Crippen LogP contribution in [0.25, 0.3) is 11.3 Å². The Hall–Kier alpha value is -2.93. The molecule has 1 N–H and O–H groups in total. The van der Waals surface area contributed by atoms with Gasteiger partial charge in [0.05, 0.1) is 18.0 Å². The molecule has 0 atom stereocenters. The molecule has 4 rings (SSSR count). The SMILES string of the molecule is CCCCCCCCOc1ccc(N(C(=O)NC2CCCCC2)c2nc(-c3cccnc3)cs2)cc1. The van der Waals surface area contributed by atoms with Gasteiger partial charge in [0, 0.05) is 29.4 Å². The number of nitrogens with zero attached hydrogens (tertiary/aromatic N) is 3. The summed E-state index contributed by atoms with van der Waals surface area (Å²) < 4.78 is 5.96. The summed E-state index contributed by atoms with van der Waals surface area (Å²) in [4.78, 5) is 24.2. The van der Waals surface area contributed by atoms with Crippen molar-refractivity contribution in [3.05, 3.63) is 54.2 Å². The summed E-state index contributed by atoms with van der Waals surface area (Å²) in [5.41, 5.74) is 2.53. The van der Waals surface area contributed by atoms with Crippen molar-refractivity contribution in [2.75, 3.05) is 11.5 Å². The van der Waals surface area contributed by atoms with Gasteiger partial charge in [-0.15, -0.1) is 11.3 Å². The van der Waals surface area contributed by atoms with Crippen LogP contribution in [-0.2, 0) is 0 Å². The fourth-order valence-electron chi connectivity index (χ4n) is 4.58. The van der Waals surface area contributed by atoms with Gasteiger partial charge in [-0.05, 0) is 55.7 Å². The van der Waals surface area contributed by atoms with Crippen LogP contribution in [-0.4, -0.2) is 28.6 Å². The van der Waals surface area contributed by atoms with Crippen LogP contribution in [0.15, 0.2) is 54.2 Å². The maximum atomic E-state index is 13.5. The highest BCUT2D eigenvalue weighted by Crippen LogP contribution is 2.33. The van der Waals surface area contributed by atoms with Crippen LogP contribution in [0, 0.1) is 0 Å². The minimum absolute atomic E-state index is 0.130. The Morgan fingerprint density at radius 2 is 1.83 bits per heavy atom. The Bertz CT molecular complexity index is 1050. The van der Waals surface area contributed by atoms with Gasteiger partial charge in [0.2, 0.25) is 0 Å². The molecular weight excluding hydrogens is 468 g/mol. The zero-order valence-electron chi connectivity index (χ0n) is 21.3. The van der Waals surface area contributed by atoms with E-state index in [1.807, 2.05) is 41.8 Å². The highest BCUT2D eigenvalue weighted by molar-refractivity contribution is 7.14. The second-order valence-electron chi connectivity index (χ2n) is 9.49. The van der Waals surface area contributed by atoms with Crippen LogP contribution >= 0.6 is 11.3 Å². The van der Waals surface area contributed by atoms with E-state index in [4.69, 9.17) is 9.72 Å². The van der Waals surface area contributed by atoms with Gasteiger partial charge in [-0.2, -0.15) is 0 Å². The summed E-state index contributed by atoms with van der Waals surface area (Å²) in [7, 11) is 0. The van der Waals surface area contributed by atoms with Crippen molar-refractivity contribution in [1.29, 1.82) is 0 Å². The van der Waals surface area contributed by atoms with E-state index >= 15 is 0 Å². The number of pyridine rings is 1. The van der Waals surface area contributed by atoms with Crippen molar-refractivity contribution >= 4 is 28.2 Å². The minimum atomic E-state index is -0.130. The molecule has 0 radical (unpaired) electrons. The third kappa shape index (κ3) is 7.53. The van der Waals surface area contributed by atoms with Gasteiger partial charge in [0.15, 0.2) is 5.13 Å². The average molecular weight is 507 g/mol. The second-order valence-corrected chi connectivity index (χ2v) is 10.3. The van der Waals surface area contributed by atoms with Crippen LogP contribution in [0.2, 0.25) is 0 Å². The van der Waals surface area contributed by atoms with Gasteiger partial charge >= 0.3 is 6.03 Å². The van der Waals surface area contributed by atoms with Crippen LogP contribution in [0.3, 0.4) is 0 Å². The molecule has 1 fully saturated rings. The quantitative estimate of drug-likeness (QED) is 0.252. The smallest absolute Gasteiger partial charge is 0.328 e. The van der Waals surface area contributed by atoms with Gasteiger partial charge < -0.3 is 10.1 Å². The third-order valence-electron chi connectivity index (χ3n) is 6.64. The molecule has 0 bridgehead atoms. The molecule has 36 heavy (non-hydrogen) atoms. The molecule has 2 aromatic heterocycles. The highest BCUT2D eigenvalue weighted by Gasteiger charge is 2.25. The molecule has 1 aliphatic rings. The van der Waals surface area contributed by atoms with E-state index in [1.54, 1.807) is 17.3 Å². The van der Waals surface area contributed by atoms with E-state index in [1.165, 1.54) is 49.9 Å². The molecule has 0 unspecified atom stereocenters. The van der Waals surface area contributed by atoms with Gasteiger partial charge in [-0.25, -0.2) is 14.7 Å². The number of anilines is 2. The first-order valence-electron chi connectivity index (χ1n) is 13.4. The van der Waals surface area contributed by atoms with Crippen molar-refractivity contribution in [2.45, 2.75) is 83.6 Å². The summed E-state index contributed by atoms with van der Waals surface area (Å²) in [6.45, 7) is 2.96. The zero-order valence-corrected chi connectivity index (χ0v) is 22.1. The first kappa shape index (κ1) is 26.1. The van der Waals surface area contributed by atoms with E-state index in [0.717, 1.165) is 61.4 Å². The Morgan fingerprint density at radius 3 is 2.58 bits per heavy atom. The average Bonchev–Trinajstić information content (AvgIpc) is 3.40. The molecule has 0 spiro atoms. The number of ether oxygens (including phenoxy) is 1. The third-order valence-corrected chi connectivity index (χ3v) is 7.46. The predicted molar refractivity (Wildman–Crippen MR) is 148 cm³/mol. The second kappa shape index (κ2) is 14.0. The zero-order chi connectivity index (χ0) is 25.0. The van der Waals surface area contributed by atoms with Crippen LogP contribution < -0.4 is 15.0 Å². The molecule has 192 valence electrons. The lowest BCUT2D eigenvalue weighted by molar-refractivity contribution is 0.240. The normalized spacial score (nSPS) is 13.9. The monoisotopic (exact) mass is 506 g/mol. The number of unbranched alkanes of at least 4 members (excludes halogenated alkanes) is 5. The fourth-order valence-corrected chi connectivity index (χ4v) is 5.43. The van der Waals surface area contributed by atoms with Crippen molar-refractivity contribution in [2.24, 2.45) is 0 Å². The van der Waals surface area contributed by atoms with E-state index in [9.17, 15) is 4.79 Å². The van der Waals surface area contributed by atoms with Gasteiger partial charge in [0.25, 0.3) is 0 Å². The molecule has 3 aromatic rings. The number of hydrogen-bond donors (Lipinski definition) is 1. The number of urea groups is 1. The van der Waals surface area contributed by atoms with Crippen molar-refractivity contribution in [3.8, 4) is 17.0 Å². The number of hydrogen-bond acceptors (Lipinski definition) is 5. The first-order valence-corrected chi connectivity index (χ1v) is 14.3. The maximum absolute atomic E-state index is 13.5. The molecule has 2 heterocycles. The number of aromatic nitrogens is 2. The summed E-state index contributed by atoms with van der Waals surface area (Å²) >= 11 is 1.46. The molecule has 1 aromatic carbocycles. The van der Waals surface area contributed by atoms with Gasteiger partial charge in [-0.1, -0.05) is 58.3 Å². The Labute approximate surface area is 219 Å². The number of amides is 2. The van der Waals surface area contributed by atoms with Crippen LogP contribution in [0.5, 0.6) is 5.75 Å². The number of thiazole rings is 1. The summed E-state index contributed by atoms with van der Waals surface area (Å²) in [6, 6.07) is 11.7.